The minimum Gasteiger partial charge on any atom is -0.478 e. The van der Waals surface area contributed by atoms with Crippen LogP contribution in [0.4, 0.5) is 5.69 Å². The Labute approximate surface area is 127 Å². The first kappa shape index (κ1) is 15.3. The number of hydrogen-bond donors (Lipinski definition) is 2. The number of carbonyl (C=O) groups excluding carboxylic acids is 1. The van der Waals surface area contributed by atoms with E-state index in [1.807, 2.05) is 23.8 Å². The quantitative estimate of drug-likeness (QED) is 0.886. The van der Waals surface area contributed by atoms with Gasteiger partial charge in [0.15, 0.2) is 0 Å². The summed E-state index contributed by atoms with van der Waals surface area (Å²) in [5, 5.41) is 15.9. The fourth-order valence-corrected chi connectivity index (χ4v) is 2.83. The first-order chi connectivity index (χ1) is 9.97. The van der Waals surface area contributed by atoms with E-state index in [0.717, 1.165) is 11.1 Å². The van der Waals surface area contributed by atoms with Crippen molar-refractivity contribution in [2.24, 2.45) is 0 Å². The third-order valence-electron chi connectivity index (χ3n) is 3.30. The molecule has 0 radical (unpaired) electrons. The molecule has 1 aromatic carbocycles. The number of carbonyl (C=O) groups is 2. The Balaban J connectivity index is 2.06. The molecule has 0 unspecified atom stereocenters. The molecule has 0 aliphatic carbocycles. The zero-order valence-corrected chi connectivity index (χ0v) is 12.8. The summed E-state index contributed by atoms with van der Waals surface area (Å²) in [6, 6.07) is 5.30. The summed E-state index contributed by atoms with van der Waals surface area (Å²) in [7, 11) is 0. The van der Waals surface area contributed by atoms with Crippen LogP contribution in [0.25, 0.3) is 0 Å². The Kier molecular flexibility index (Phi) is 4.75. The molecule has 2 N–H and O–H groups in total. The molecule has 0 saturated heterocycles. The summed E-state index contributed by atoms with van der Waals surface area (Å²) >= 11 is 1.61. The normalized spacial score (nSPS) is 10.4. The maximum atomic E-state index is 12.0. The van der Waals surface area contributed by atoms with Crippen molar-refractivity contribution >= 4 is 28.9 Å². The standard InChI is InChI=1S/C16H17NO3S/c1-10-7-11(2)14(8-13(10)16(19)20)17-15(18)4-3-12-5-6-21-9-12/h5-9H,3-4H2,1-2H3,(H,17,18)(H,19,20). The van der Waals surface area contributed by atoms with Gasteiger partial charge in [-0.05, 0) is 59.9 Å². The van der Waals surface area contributed by atoms with Gasteiger partial charge in [0.1, 0.15) is 0 Å². The van der Waals surface area contributed by atoms with E-state index < -0.39 is 5.97 Å². The zero-order chi connectivity index (χ0) is 15.4. The molecule has 0 aliphatic heterocycles. The summed E-state index contributed by atoms with van der Waals surface area (Å²) in [5.74, 6) is -1.09. The lowest BCUT2D eigenvalue weighted by Crippen LogP contribution is -2.14. The molecule has 5 heteroatoms. The van der Waals surface area contributed by atoms with Gasteiger partial charge in [-0.15, -0.1) is 0 Å². The van der Waals surface area contributed by atoms with E-state index in [1.165, 1.54) is 6.07 Å². The third kappa shape index (κ3) is 3.92. The number of aromatic carboxylic acids is 1. The maximum absolute atomic E-state index is 12.0. The molecule has 110 valence electrons. The second kappa shape index (κ2) is 6.54. The molecule has 2 aromatic rings. The Bertz CT molecular complexity index is 662. The first-order valence-electron chi connectivity index (χ1n) is 6.63. The average Bonchev–Trinajstić information content (AvgIpc) is 2.92. The topological polar surface area (TPSA) is 66.4 Å². The van der Waals surface area contributed by atoms with Gasteiger partial charge in [0.2, 0.25) is 5.91 Å². The van der Waals surface area contributed by atoms with E-state index in [9.17, 15) is 9.59 Å². The van der Waals surface area contributed by atoms with Gasteiger partial charge in [-0.3, -0.25) is 4.79 Å². The van der Waals surface area contributed by atoms with Crippen molar-refractivity contribution in [3.8, 4) is 0 Å². The van der Waals surface area contributed by atoms with Crippen LogP contribution < -0.4 is 5.32 Å². The number of rotatable bonds is 5. The minimum atomic E-state index is -0.985. The zero-order valence-electron chi connectivity index (χ0n) is 12.0. The molecule has 0 bridgehead atoms. The summed E-state index contributed by atoms with van der Waals surface area (Å²) in [6.45, 7) is 3.60. The Morgan fingerprint density at radius 2 is 2.00 bits per heavy atom. The van der Waals surface area contributed by atoms with Gasteiger partial charge < -0.3 is 10.4 Å². The minimum absolute atomic E-state index is 0.107. The predicted octanol–water partition coefficient (Wildman–Crippen LogP) is 3.63. The molecule has 0 aliphatic rings. The van der Waals surface area contributed by atoms with E-state index in [2.05, 4.69) is 5.32 Å². The average molecular weight is 303 g/mol. The smallest absolute Gasteiger partial charge is 0.336 e. The first-order valence-corrected chi connectivity index (χ1v) is 7.57. The molecule has 1 heterocycles. The molecule has 0 fully saturated rings. The van der Waals surface area contributed by atoms with Crippen LogP contribution in [0.15, 0.2) is 29.0 Å². The monoisotopic (exact) mass is 303 g/mol. The van der Waals surface area contributed by atoms with Crippen LogP contribution >= 0.6 is 11.3 Å². The van der Waals surface area contributed by atoms with Crippen molar-refractivity contribution in [1.82, 2.24) is 0 Å². The number of thiophene rings is 1. The van der Waals surface area contributed by atoms with Crippen LogP contribution in [0.1, 0.15) is 33.5 Å². The second-order valence-corrected chi connectivity index (χ2v) is 5.75. The highest BCUT2D eigenvalue weighted by molar-refractivity contribution is 7.07. The third-order valence-corrected chi connectivity index (χ3v) is 4.03. The highest BCUT2D eigenvalue weighted by Crippen LogP contribution is 2.21. The molecule has 21 heavy (non-hydrogen) atoms. The molecule has 0 spiro atoms. The Morgan fingerprint density at radius 3 is 2.62 bits per heavy atom. The predicted molar refractivity (Wildman–Crippen MR) is 84.1 cm³/mol. The van der Waals surface area contributed by atoms with Crippen molar-refractivity contribution in [2.45, 2.75) is 26.7 Å². The summed E-state index contributed by atoms with van der Waals surface area (Å²) in [4.78, 5) is 23.1. The number of anilines is 1. The molecule has 1 aromatic heterocycles. The highest BCUT2D eigenvalue weighted by atomic mass is 32.1. The van der Waals surface area contributed by atoms with Crippen molar-refractivity contribution in [2.75, 3.05) is 5.32 Å². The largest absolute Gasteiger partial charge is 0.478 e. The molecule has 0 saturated carbocycles. The van der Waals surface area contributed by atoms with Crippen molar-refractivity contribution in [3.63, 3.8) is 0 Å². The number of amides is 1. The van der Waals surface area contributed by atoms with Crippen LogP contribution in [-0.2, 0) is 11.2 Å². The SMILES string of the molecule is Cc1cc(C)c(C(=O)O)cc1NC(=O)CCc1ccsc1. The van der Waals surface area contributed by atoms with E-state index >= 15 is 0 Å². The summed E-state index contributed by atoms with van der Waals surface area (Å²) < 4.78 is 0. The molecule has 1 amide bonds. The number of benzene rings is 1. The van der Waals surface area contributed by atoms with Gasteiger partial charge in [0, 0.05) is 12.1 Å². The van der Waals surface area contributed by atoms with Gasteiger partial charge in [-0.2, -0.15) is 11.3 Å². The molecule has 4 nitrogen and oxygen atoms in total. The van der Waals surface area contributed by atoms with Crippen LogP contribution in [0.2, 0.25) is 0 Å². The number of aryl methyl sites for hydroxylation is 3. The van der Waals surface area contributed by atoms with Crippen LogP contribution in [0.5, 0.6) is 0 Å². The van der Waals surface area contributed by atoms with E-state index in [1.54, 1.807) is 24.3 Å². The van der Waals surface area contributed by atoms with E-state index in [-0.39, 0.29) is 11.5 Å². The van der Waals surface area contributed by atoms with Gasteiger partial charge in [-0.25, -0.2) is 4.79 Å². The van der Waals surface area contributed by atoms with Crippen LogP contribution in [0, 0.1) is 13.8 Å². The molecular weight excluding hydrogens is 286 g/mol. The van der Waals surface area contributed by atoms with Gasteiger partial charge in [0.05, 0.1) is 5.56 Å². The van der Waals surface area contributed by atoms with Gasteiger partial charge in [-0.1, -0.05) is 6.07 Å². The molecule has 0 atom stereocenters. The van der Waals surface area contributed by atoms with E-state index in [4.69, 9.17) is 5.11 Å². The summed E-state index contributed by atoms with van der Waals surface area (Å²) in [5.41, 5.74) is 3.47. The fourth-order valence-electron chi connectivity index (χ4n) is 2.12. The van der Waals surface area contributed by atoms with Crippen molar-refractivity contribution < 1.29 is 14.7 Å². The molecule has 2 rings (SSSR count). The van der Waals surface area contributed by atoms with Crippen LogP contribution in [0.3, 0.4) is 0 Å². The van der Waals surface area contributed by atoms with Gasteiger partial charge >= 0.3 is 5.97 Å². The number of carboxylic acid groups (broad SMARTS) is 1. The Hall–Kier alpha value is -2.14. The summed E-state index contributed by atoms with van der Waals surface area (Å²) in [6.07, 6.45) is 1.07. The van der Waals surface area contributed by atoms with E-state index in [0.29, 0.717) is 24.1 Å². The number of hydrogen-bond acceptors (Lipinski definition) is 3. The molecular formula is C16H17NO3S. The van der Waals surface area contributed by atoms with Crippen LogP contribution in [-0.4, -0.2) is 17.0 Å². The second-order valence-electron chi connectivity index (χ2n) is 4.97. The Morgan fingerprint density at radius 1 is 1.24 bits per heavy atom. The van der Waals surface area contributed by atoms with Crippen molar-refractivity contribution in [3.05, 3.63) is 51.2 Å². The fraction of sp³-hybridized carbons (Fsp3) is 0.250. The number of carboxylic acids is 1. The lowest BCUT2D eigenvalue weighted by Gasteiger charge is -2.11. The lowest BCUT2D eigenvalue weighted by atomic mass is 10.0. The van der Waals surface area contributed by atoms with Gasteiger partial charge in [0.25, 0.3) is 0 Å². The lowest BCUT2D eigenvalue weighted by molar-refractivity contribution is -0.116. The van der Waals surface area contributed by atoms with Crippen molar-refractivity contribution in [1.29, 1.82) is 0 Å². The maximum Gasteiger partial charge on any atom is 0.336 e. The highest BCUT2D eigenvalue weighted by Gasteiger charge is 2.12. The number of nitrogens with one attached hydrogen (secondary N) is 1.